The predicted octanol–water partition coefficient (Wildman–Crippen LogP) is 1.98. The van der Waals surface area contributed by atoms with Gasteiger partial charge in [0.2, 0.25) is 5.91 Å². The number of hydrogen-bond acceptors (Lipinski definition) is 5. The number of carbonyl (C=O) groups excluding carboxylic acids is 1. The number of rotatable bonds is 5. The molecule has 0 bridgehead atoms. The van der Waals surface area contributed by atoms with Crippen LogP contribution in [0.2, 0.25) is 0 Å². The van der Waals surface area contributed by atoms with Crippen LogP contribution in [0.4, 0.5) is 11.4 Å². The number of non-ortho nitro benzene ring substituents is 1. The maximum atomic E-state index is 12.6. The first kappa shape index (κ1) is 18.0. The van der Waals surface area contributed by atoms with Gasteiger partial charge in [0.25, 0.3) is 5.69 Å². The Kier molecular flexibility index (Phi) is 5.29. The number of nitro benzene ring substituents is 1. The first-order valence-corrected chi connectivity index (χ1v) is 8.49. The van der Waals surface area contributed by atoms with E-state index >= 15 is 0 Å². The van der Waals surface area contributed by atoms with Crippen LogP contribution in [0.15, 0.2) is 54.6 Å². The molecule has 1 heterocycles. The molecular weight excluding hydrogens is 332 g/mol. The van der Waals surface area contributed by atoms with Crippen LogP contribution in [0, 0.1) is 10.1 Å². The quantitative estimate of drug-likeness (QED) is 0.655. The lowest BCUT2D eigenvalue weighted by molar-refractivity contribution is -0.384. The Hall–Kier alpha value is -2.77. The average molecular weight is 354 g/mol. The molecule has 0 radical (unpaired) electrons. The number of nitrogens with zero attached hydrogens (tertiary/aromatic N) is 3. The summed E-state index contributed by atoms with van der Waals surface area (Å²) in [5.74, 6) is 0.147. The average Bonchev–Trinajstić information content (AvgIpc) is 3.02. The van der Waals surface area contributed by atoms with Gasteiger partial charge in [0.15, 0.2) is 0 Å². The van der Waals surface area contributed by atoms with Crippen LogP contribution in [-0.2, 0) is 4.79 Å². The largest absolute Gasteiger partial charge is 0.326 e. The van der Waals surface area contributed by atoms with E-state index in [1.165, 1.54) is 22.6 Å². The SMILES string of the molecule is CN(C(=O)CN1C[C@@H](N)[C@H](c2ccccc2)C1)c1ccc([N+](=O)[O-])cc1. The highest BCUT2D eigenvalue weighted by Crippen LogP contribution is 2.26. The molecule has 1 saturated heterocycles. The molecule has 26 heavy (non-hydrogen) atoms. The Morgan fingerprint density at radius 3 is 2.46 bits per heavy atom. The first-order chi connectivity index (χ1) is 12.5. The van der Waals surface area contributed by atoms with E-state index in [9.17, 15) is 14.9 Å². The van der Waals surface area contributed by atoms with E-state index in [1.807, 2.05) is 18.2 Å². The van der Waals surface area contributed by atoms with Crippen molar-refractivity contribution in [3.05, 3.63) is 70.3 Å². The number of nitro groups is 1. The van der Waals surface area contributed by atoms with Crippen LogP contribution in [0.1, 0.15) is 11.5 Å². The van der Waals surface area contributed by atoms with Crippen molar-refractivity contribution in [1.82, 2.24) is 4.90 Å². The number of amides is 1. The van der Waals surface area contributed by atoms with Crippen LogP contribution in [-0.4, -0.2) is 48.5 Å². The van der Waals surface area contributed by atoms with Gasteiger partial charge in [-0.25, -0.2) is 0 Å². The fourth-order valence-corrected chi connectivity index (χ4v) is 3.33. The van der Waals surface area contributed by atoms with Gasteiger partial charge in [-0.05, 0) is 17.7 Å². The molecule has 0 saturated carbocycles. The summed E-state index contributed by atoms with van der Waals surface area (Å²) >= 11 is 0. The monoisotopic (exact) mass is 354 g/mol. The lowest BCUT2D eigenvalue weighted by Gasteiger charge is -2.21. The Bertz CT molecular complexity index is 779. The molecule has 7 heteroatoms. The Balaban J connectivity index is 1.62. The predicted molar refractivity (Wildman–Crippen MR) is 100 cm³/mol. The third kappa shape index (κ3) is 3.89. The molecular formula is C19H22N4O3. The minimum Gasteiger partial charge on any atom is -0.326 e. The molecule has 0 aromatic heterocycles. The summed E-state index contributed by atoms with van der Waals surface area (Å²) in [5.41, 5.74) is 8.11. The van der Waals surface area contributed by atoms with E-state index < -0.39 is 4.92 Å². The number of benzene rings is 2. The first-order valence-electron chi connectivity index (χ1n) is 8.49. The van der Waals surface area contributed by atoms with Crippen molar-refractivity contribution in [3.8, 4) is 0 Å². The molecule has 0 spiro atoms. The van der Waals surface area contributed by atoms with Crippen molar-refractivity contribution < 1.29 is 9.72 Å². The highest BCUT2D eigenvalue weighted by atomic mass is 16.6. The molecule has 1 fully saturated rings. The molecule has 2 aromatic carbocycles. The number of hydrogen-bond donors (Lipinski definition) is 1. The molecule has 1 amide bonds. The summed E-state index contributed by atoms with van der Waals surface area (Å²) < 4.78 is 0. The third-order valence-electron chi connectivity index (χ3n) is 4.85. The molecule has 1 aliphatic heterocycles. The summed E-state index contributed by atoms with van der Waals surface area (Å²) in [5, 5.41) is 10.7. The van der Waals surface area contributed by atoms with Gasteiger partial charge in [-0.15, -0.1) is 0 Å². The lowest BCUT2D eigenvalue weighted by Crippen LogP contribution is -2.38. The van der Waals surface area contributed by atoms with Crippen LogP contribution in [0.3, 0.4) is 0 Å². The van der Waals surface area contributed by atoms with Gasteiger partial charge in [-0.3, -0.25) is 19.8 Å². The highest BCUT2D eigenvalue weighted by Gasteiger charge is 2.32. The van der Waals surface area contributed by atoms with E-state index in [4.69, 9.17) is 5.73 Å². The number of likely N-dealkylation sites (N-methyl/N-ethyl adjacent to an activating group) is 1. The maximum absolute atomic E-state index is 12.6. The van der Waals surface area contributed by atoms with Gasteiger partial charge in [-0.2, -0.15) is 0 Å². The molecule has 3 rings (SSSR count). The number of carbonyl (C=O) groups is 1. The van der Waals surface area contributed by atoms with E-state index in [-0.39, 0.29) is 30.1 Å². The Labute approximate surface area is 152 Å². The van der Waals surface area contributed by atoms with Gasteiger partial charge in [0.1, 0.15) is 0 Å². The van der Waals surface area contributed by atoms with Crippen LogP contribution >= 0.6 is 0 Å². The second-order valence-corrected chi connectivity index (χ2v) is 6.60. The van der Waals surface area contributed by atoms with E-state index in [0.29, 0.717) is 12.2 Å². The molecule has 7 nitrogen and oxygen atoms in total. The minimum atomic E-state index is -0.457. The van der Waals surface area contributed by atoms with Gasteiger partial charge < -0.3 is 10.6 Å². The standard InChI is InChI=1S/C19H22N4O3/c1-21(15-7-9-16(10-8-15)23(25)26)19(24)13-22-11-17(18(20)12-22)14-5-3-2-4-6-14/h2-10,17-18H,11-13,20H2,1H3/t17-,18+/m0/s1. The van der Waals surface area contributed by atoms with E-state index in [1.54, 1.807) is 19.2 Å². The fraction of sp³-hybridized carbons (Fsp3) is 0.316. The highest BCUT2D eigenvalue weighted by molar-refractivity contribution is 5.94. The van der Waals surface area contributed by atoms with Gasteiger partial charge in [-0.1, -0.05) is 30.3 Å². The summed E-state index contributed by atoms with van der Waals surface area (Å²) in [6.45, 7) is 1.68. The van der Waals surface area contributed by atoms with Crippen molar-refractivity contribution in [3.63, 3.8) is 0 Å². The molecule has 2 aromatic rings. The minimum absolute atomic E-state index is 0.00474. The molecule has 2 atom stereocenters. The fourth-order valence-electron chi connectivity index (χ4n) is 3.33. The summed E-state index contributed by atoms with van der Waals surface area (Å²) in [4.78, 5) is 26.4. The second-order valence-electron chi connectivity index (χ2n) is 6.60. The molecule has 2 N–H and O–H groups in total. The van der Waals surface area contributed by atoms with Crippen LogP contribution in [0.5, 0.6) is 0 Å². The number of likely N-dealkylation sites (tertiary alicyclic amines) is 1. The zero-order chi connectivity index (χ0) is 18.7. The Morgan fingerprint density at radius 1 is 1.19 bits per heavy atom. The van der Waals surface area contributed by atoms with Crippen molar-refractivity contribution in [2.45, 2.75) is 12.0 Å². The van der Waals surface area contributed by atoms with Gasteiger partial charge >= 0.3 is 0 Å². The summed E-state index contributed by atoms with van der Waals surface area (Å²) in [7, 11) is 1.67. The van der Waals surface area contributed by atoms with Gasteiger partial charge in [0, 0.05) is 49.9 Å². The zero-order valence-corrected chi connectivity index (χ0v) is 14.6. The van der Waals surface area contributed by atoms with Crippen LogP contribution in [0.25, 0.3) is 0 Å². The Morgan fingerprint density at radius 2 is 1.85 bits per heavy atom. The third-order valence-corrected chi connectivity index (χ3v) is 4.85. The van der Waals surface area contributed by atoms with E-state index in [2.05, 4.69) is 17.0 Å². The summed E-state index contributed by atoms with van der Waals surface area (Å²) in [6, 6.07) is 16.1. The normalized spacial score (nSPS) is 20.1. The van der Waals surface area contributed by atoms with Crippen molar-refractivity contribution in [1.29, 1.82) is 0 Å². The van der Waals surface area contributed by atoms with Crippen LogP contribution < -0.4 is 10.6 Å². The smallest absolute Gasteiger partial charge is 0.269 e. The van der Waals surface area contributed by atoms with Gasteiger partial charge in [0.05, 0.1) is 11.5 Å². The maximum Gasteiger partial charge on any atom is 0.269 e. The molecule has 0 unspecified atom stereocenters. The summed E-state index contributed by atoms with van der Waals surface area (Å²) in [6.07, 6.45) is 0. The number of anilines is 1. The van der Waals surface area contributed by atoms with E-state index in [0.717, 1.165) is 6.54 Å². The molecule has 0 aliphatic carbocycles. The lowest BCUT2D eigenvalue weighted by atomic mass is 9.95. The van der Waals surface area contributed by atoms with Crippen molar-refractivity contribution >= 4 is 17.3 Å². The number of nitrogens with two attached hydrogens (primary N) is 1. The zero-order valence-electron chi connectivity index (χ0n) is 14.6. The van der Waals surface area contributed by atoms with Crippen molar-refractivity contribution in [2.24, 2.45) is 5.73 Å². The van der Waals surface area contributed by atoms with Crippen molar-refractivity contribution in [2.75, 3.05) is 31.6 Å². The molecule has 136 valence electrons. The second kappa shape index (κ2) is 7.63. The molecule has 1 aliphatic rings. The topological polar surface area (TPSA) is 92.7 Å².